The van der Waals surface area contributed by atoms with Gasteiger partial charge in [-0.1, -0.05) is 11.6 Å². The first kappa shape index (κ1) is 11.8. The molecule has 3 nitrogen and oxygen atoms in total. The molecular formula is C8H2Br2ClIN2O. The number of aromatic nitrogens is 2. The molecular weight excluding hydrogens is 462 g/mol. The number of furan rings is 1. The highest BCUT2D eigenvalue weighted by molar-refractivity contribution is 14.1. The molecule has 0 saturated heterocycles. The normalized spacial score (nSPS) is 10.7. The number of hydrogen-bond donors (Lipinski definition) is 0. The lowest BCUT2D eigenvalue weighted by Gasteiger charge is -1.97. The lowest BCUT2D eigenvalue weighted by Crippen LogP contribution is -1.89. The van der Waals surface area contributed by atoms with Crippen LogP contribution in [0.2, 0.25) is 5.15 Å². The fraction of sp³-hybridized carbons (Fsp3) is 0. The summed E-state index contributed by atoms with van der Waals surface area (Å²) in [6.45, 7) is 0. The van der Waals surface area contributed by atoms with E-state index in [-0.39, 0.29) is 0 Å². The smallest absolute Gasteiger partial charge is 0.197 e. The first-order chi connectivity index (χ1) is 7.08. The summed E-state index contributed by atoms with van der Waals surface area (Å²) in [4.78, 5) is 8.23. The summed E-state index contributed by atoms with van der Waals surface area (Å²) >= 11 is 14.5. The van der Waals surface area contributed by atoms with Crippen LogP contribution in [0.25, 0.3) is 11.6 Å². The van der Waals surface area contributed by atoms with Gasteiger partial charge >= 0.3 is 0 Å². The molecule has 0 N–H and O–H groups in total. The lowest BCUT2D eigenvalue weighted by atomic mass is 10.4. The van der Waals surface area contributed by atoms with E-state index < -0.39 is 0 Å². The second-order valence-electron chi connectivity index (χ2n) is 2.56. The van der Waals surface area contributed by atoms with Crippen molar-refractivity contribution in [2.24, 2.45) is 0 Å². The Kier molecular flexibility index (Phi) is 3.69. The van der Waals surface area contributed by atoms with Gasteiger partial charge < -0.3 is 4.42 Å². The molecule has 2 heterocycles. The van der Waals surface area contributed by atoms with Gasteiger partial charge in [-0.3, -0.25) is 0 Å². The summed E-state index contributed by atoms with van der Waals surface area (Å²) in [5.41, 5.74) is 0. The zero-order chi connectivity index (χ0) is 11.0. The van der Waals surface area contributed by atoms with Crippen LogP contribution >= 0.6 is 66.1 Å². The highest BCUT2D eigenvalue weighted by Crippen LogP contribution is 2.31. The van der Waals surface area contributed by atoms with Gasteiger partial charge in [-0.15, -0.1) is 0 Å². The Morgan fingerprint density at radius 2 is 2.13 bits per heavy atom. The van der Waals surface area contributed by atoms with Crippen LogP contribution in [0.5, 0.6) is 0 Å². The van der Waals surface area contributed by atoms with Gasteiger partial charge in [0.25, 0.3) is 0 Å². The van der Waals surface area contributed by atoms with E-state index >= 15 is 0 Å². The molecule has 0 aliphatic heterocycles. The second kappa shape index (κ2) is 4.68. The Bertz CT molecular complexity index is 498. The maximum atomic E-state index is 5.89. The Hall–Kier alpha value is 0.340. The Morgan fingerprint density at radius 3 is 2.67 bits per heavy atom. The van der Waals surface area contributed by atoms with Crippen LogP contribution in [0.15, 0.2) is 25.8 Å². The van der Waals surface area contributed by atoms with Gasteiger partial charge in [0, 0.05) is 12.3 Å². The molecule has 0 aliphatic carbocycles. The molecule has 2 aromatic rings. The summed E-state index contributed by atoms with van der Waals surface area (Å²) in [6.07, 6.45) is 1.65. The van der Waals surface area contributed by atoms with E-state index in [1.807, 2.05) is 0 Å². The van der Waals surface area contributed by atoms with E-state index in [9.17, 15) is 0 Å². The number of nitrogens with zero attached hydrogens (tertiary/aromatic N) is 2. The number of rotatable bonds is 1. The predicted octanol–water partition coefficient (Wildman–Crippen LogP) is 4.52. The van der Waals surface area contributed by atoms with Gasteiger partial charge in [0.1, 0.15) is 5.15 Å². The van der Waals surface area contributed by atoms with E-state index in [4.69, 9.17) is 16.0 Å². The fourth-order valence-electron chi connectivity index (χ4n) is 0.922. The van der Waals surface area contributed by atoms with E-state index in [0.29, 0.717) is 21.4 Å². The zero-order valence-corrected chi connectivity index (χ0v) is 13.1. The van der Waals surface area contributed by atoms with Crippen molar-refractivity contribution in [3.05, 3.63) is 30.1 Å². The molecule has 2 rings (SSSR count). The van der Waals surface area contributed by atoms with Gasteiger partial charge in [0.05, 0.1) is 8.04 Å². The zero-order valence-electron chi connectivity index (χ0n) is 6.97. The topological polar surface area (TPSA) is 38.9 Å². The lowest BCUT2D eigenvalue weighted by molar-refractivity contribution is 0.549. The van der Waals surface area contributed by atoms with Gasteiger partial charge in [-0.25, -0.2) is 9.97 Å². The third-order valence-electron chi connectivity index (χ3n) is 1.57. The molecule has 78 valence electrons. The second-order valence-corrected chi connectivity index (χ2v) is 5.66. The van der Waals surface area contributed by atoms with Crippen LogP contribution < -0.4 is 0 Å². The van der Waals surface area contributed by atoms with E-state index in [1.165, 1.54) is 0 Å². The molecule has 0 saturated carbocycles. The van der Waals surface area contributed by atoms with Crippen molar-refractivity contribution in [3.8, 4) is 11.6 Å². The molecule has 0 aliphatic rings. The largest absolute Gasteiger partial charge is 0.445 e. The standard InChI is InChI=1S/C8H2Br2ClIN2O/c9-3-1-5(15-6(3)10)8-13-2-4(12)7(11)14-8/h1-2H. The Labute approximate surface area is 121 Å². The number of hydrogen-bond acceptors (Lipinski definition) is 3. The molecule has 0 spiro atoms. The molecule has 0 amide bonds. The highest BCUT2D eigenvalue weighted by Gasteiger charge is 2.12. The molecule has 15 heavy (non-hydrogen) atoms. The minimum Gasteiger partial charge on any atom is -0.445 e. The summed E-state index contributed by atoms with van der Waals surface area (Å²) in [7, 11) is 0. The van der Waals surface area contributed by atoms with Crippen molar-refractivity contribution in [3.63, 3.8) is 0 Å². The van der Waals surface area contributed by atoms with Crippen LogP contribution in [-0.2, 0) is 0 Å². The van der Waals surface area contributed by atoms with Crippen molar-refractivity contribution in [1.29, 1.82) is 0 Å². The summed E-state index contributed by atoms with van der Waals surface area (Å²) < 4.78 is 7.61. The molecule has 0 bridgehead atoms. The van der Waals surface area contributed by atoms with E-state index in [1.54, 1.807) is 12.3 Å². The van der Waals surface area contributed by atoms with E-state index in [2.05, 4.69) is 64.4 Å². The average Bonchev–Trinajstić information content (AvgIpc) is 2.52. The maximum Gasteiger partial charge on any atom is 0.197 e. The molecule has 7 heteroatoms. The Balaban J connectivity index is 2.49. The summed E-state index contributed by atoms with van der Waals surface area (Å²) in [5.74, 6) is 1.03. The fourth-order valence-corrected chi connectivity index (χ4v) is 1.89. The molecule has 0 radical (unpaired) electrons. The first-order valence-electron chi connectivity index (χ1n) is 3.71. The Morgan fingerprint density at radius 1 is 1.40 bits per heavy atom. The highest BCUT2D eigenvalue weighted by atomic mass is 127. The minimum atomic E-state index is 0.421. The van der Waals surface area contributed by atoms with Gasteiger partial charge in [-0.2, -0.15) is 0 Å². The van der Waals surface area contributed by atoms with E-state index in [0.717, 1.165) is 8.04 Å². The average molecular weight is 464 g/mol. The number of halogens is 4. The first-order valence-corrected chi connectivity index (χ1v) is 6.75. The van der Waals surface area contributed by atoms with Crippen LogP contribution in [0.1, 0.15) is 0 Å². The molecule has 0 unspecified atom stereocenters. The van der Waals surface area contributed by atoms with Gasteiger partial charge in [0.2, 0.25) is 0 Å². The quantitative estimate of drug-likeness (QED) is 0.461. The minimum absolute atomic E-state index is 0.421. The van der Waals surface area contributed by atoms with Crippen LogP contribution in [-0.4, -0.2) is 9.97 Å². The maximum absolute atomic E-state index is 5.89. The molecule has 0 aromatic carbocycles. The van der Waals surface area contributed by atoms with Crippen molar-refractivity contribution < 1.29 is 4.42 Å². The van der Waals surface area contributed by atoms with Crippen molar-refractivity contribution in [2.75, 3.05) is 0 Å². The summed E-state index contributed by atoms with van der Waals surface area (Å²) in [5, 5.41) is 0.421. The van der Waals surface area contributed by atoms with Crippen LogP contribution in [0.4, 0.5) is 0 Å². The van der Waals surface area contributed by atoms with Crippen LogP contribution in [0.3, 0.4) is 0 Å². The monoisotopic (exact) mass is 462 g/mol. The molecule has 0 fully saturated rings. The SMILES string of the molecule is Clc1nc(-c2cc(Br)c(Br)o2)ncc1I. The van der Waals surface area contributed by atoms with Gasteiger partial charge in [-0.05, 0) is 54.5 Å². The third-order valence-corrected chi connectivity index (χ3v) is 4.67. The third kappa shape index (κ3) is 2.54. The van der Waals surface area contributed by atoms with Crippen LogP contribution in [0, 0.1) is 3.57 Å². The van der Waals surface area contributed by atoms with Crippen molar-refractivity contribution in [1.82, 2.24) is 9.97 Å². The van der Waals surface area contributed by atoms with Crippen molar-refractivity contribution >= 4 is 66.1 Å². The van der Waals surface area contributed by atoms with Crippen molar-refractivity contribution in [2.45, 2.75) is 0 Å². The molecule has 2 aromatic heterocycles. The molecule has 0 atom stereocenters. The van der Waals surface area contributed by atoms with Gasteiger partial charge in [0.15, 0.2) is 16.3 Å². The predicted molar refractivity (Wildman–Crippen MR) is 72.9 cm³/mol. The summed E-state index contributed by atoms with van der Waals surface area (Å²) in [6, 6.07) is 1.78.